The van der Waals surface area contributed by atoms with Gasteiger partial charge in [0.25, 0.3) is 0 Å². The predicted octanol–water partition coefficient (Wildman–Crippen LogP) is 3.26. The second-order valence-electron chi connectivity index (χ2n) is 3.45. The quantitative estimate of drug-likeness (QED) is 0.560. The summed E-state index contributed by atoms with van der Waals surface area (Å²) in [4.78, 5) is 0. The molecule has 0 heterocycles. The molecule has 0 aliphatic carbocycles. The van der Waals surface area contributed by atoms with E-state index in [1.807, 2.05) is 17.8 Å². The molecule has 0 fully saturated rings. The topological polar surface area (TPSA) is 12.0 Å². The Hall–Kier alpha value is -0.730. The molecule has 0 spiro atoms. The monoisotopic (exact) mass is 221 g/mol. The van der Waals surface area contributed by atoms with Crippen LogP contribution in [-0.2, 0) is 0 Å². The number of benzene rings is 1. The number of hydrogen-bond acceptors (Lipinski definition) is 2. The average molecular weight is 221 g/mol. The number of hydrogen-bond donors (Lipinski definition) is 1. The zero-order chi connectivity index (χ0) is 10.9. The highest BCUT2D eigenvalue weighted by molar-refractivity contribution is 7.99. The molecule has 1 unspecified atom stereocenters. The smallest absolute Gasteiger partial charge is 0.0292 e. The molecule has 0 saturated heterocycles. The minimum atomic E-state index is 0.440. The third-order valence-electron chi connectivity index (χ3n) is 2.23. The maximum atomic E-state index is 3.70. The van der Waals surface area contributed by atoms with Gasteiger partial charge in [-0.05, 0) is 12.5 Å². The van der Waals surface area contributed by atoms with Crippen LogP contribution in [0.2, 0.25) is 0 Å². The predicted molar refractivity (Wildman–Crippen MR) is 70.4 cm³/mol. The van der Waals surface area contributed by atoms with Gasteiger partial charge >= 0.3 is 0 Å². The fraction of sp³-hybridized carbons (Fsp3) is 0.385. The number of rotatable bonds is 7. The van der Waals surface area contributed by atoms with Crippen molar-refractivity contribution in [2.24, 2.45) is 0 Å². The van der Waals surface area contributed by atoms with Gasteiger partial charge in [0, 0.05) is 24.1 Å². The van der Waals surface area contributed by atoms with Crippen molar-refractivity contribution in [3.63, 3.8) is 0 Å². The second-order valence-corrected chi connectivity index (χ2v) is 4.60. The molecule has 82 valence electrons. The van der Waals surface area contributed by atoms with Gasteiger partial charge < -0.3 is 5.32 Å². The Balaban J connectivity index is 2.19. The average Bonchev–Trinajstić information content (AvgIpc) is 2.30. The van der Waals surface area contributed by atoms with Crippen molar-refractivity contribution in [1.29, 1.82) is 0 Å². The maximum absolute atomic E-state index is 3.70. The summed E-state index contributed by atoms with van der Waals surface area (Å²) in [6.45, 7) is 6.95. The fourth-order valence-electron chi connectivity index (χ4n) is 1.37. The molecule has 1 aromatic carbocycles. The van der Waals surface area contributed by atoms with Crippen molar-refractivity contribution < 1.29 is 0 Å². The van der Waals surface area contributed by atoms with Gasteiger partial charge in [-0.3, -0.25) is 0 Å². The molecule has 0 amide bonds. The van der Waals surface area contributed by atoms with Crippen LogP contribution >= 0.6 is 11.8 Å². The zero-order valence-corrected chi connectivity index (χ0v) is 10.1. The van der Waals surface area contributed by atoms with Crippen LogP contribution in [0.25, 0.3) is 0 Å². The summed E-state index contributed by atoms with van der Waals surface area (Å²) in [5.74, 6) is 2.19. The van der Waals surface area contributed by atoms with E-state index in [0.717, 1.165) is 18.1 Å². The van der Waals surface area contributed by atoms with E-state index in [-0.39, 0.29) is 0 Å². The van der Waals surface area contributed by atoms with Gasteiger partial charge in [0.15, 0.2) is 0 Å². The van der Waals surface area contributed by atoms with Crippen molar-refractivity contribution in [2.75, 3.05) is 18.1 Å². The van der Waals surface area contributed by atoms with Gasteiger partial charge in [-0.15, -0.1) is 6.58 Å². The van der Waals surface area contributed by atoms with Crippen LogP contribution in [0, 0.1) is 0 Å². The van der Waals surface area contributed by atoms with Crippen LogP contribution < -0.4 is 5.32 Å². The molecule has 2 heteroatoms. The van der Waals surface area contributed by atoms with Crippen LogP contribution in [-0.4, -0.2) is 18.1 Å². The summed E-state index contributed by atoms with van der Waals surface area (Å²) >= 11 is 1.91. The summed E-state index contributed by atoms with van der Waals surface area (Å²) in [6, 6.07) is 11.0. The Bertz CT molecular complexity index is 271. The molecule has 0 aromatic heterocycles. The van der Waals surface area contributed by atoms with Gasteiger partial charge in [-0.25, -0.2) is 0 Å². The maximum Gasteiger partial charge on any atom is 0.0292 e. The Labute approximate surface area is 97.0 Å². The lowest BCUT2D eigenvalue weighted by atomic mass is 10.1. The van der Waals surface area contributed by atoms with E-state index < -0.39 is 0 Å². The first-order valence-electron chi connectivity index (χ1n) is 5.31. The Morgan fingerprint density at radius 3 is 2.80 bits per heavy atom. The van der Waals surface area contributed by atoms with E-state index in [9.17, 15) is 0 Å². The summed E-state index contributed by atoms with van der Waals surface area (Å²) < 4.78 is 0. The minimum absolute atomic E-state index is 0.440. The summed E-state index contributed by atoms with van der Waals surface area (Å²) in [5, 5.41) is 3.50. The van der Waals surface area contributed by atoms with E-state index in [4.69, 9.17) is 0 Å². The van der Waals surface area contributed by atoms with Crippen LogP contribution in [0.15, 0.2) is 43.0 Å². The molecular weight excluding hydrogens is 202 g/mol. The van der Waals surface area contributed by atoms with E-state index >= 15 is 0 Å². The van der Waals surface area contributed by atoms with Crippen LogP contribution in [0.4, 0.5) is 0 Å². The Kier molecular flexibility index (Phi) is 6.21. The molecule has 0 radical (unpaired) electrons. The van der Waals surface area contributed by atoms with Crippen molar-refractivity contribution in [3.8, 4) is 0 Å². The molecule has 0 aliphatic rings. The van der Waals surface area contributed by atoms with Crippen molar-refractivity contribution in [1.82, 2.24) is 5.32 Å². The zero-order valence-electron chi connectivity index (χ0n) is 9.28. The lowest BCUT2D eigenvalue weighted by Crippen LogP contribution is -2.21. The first-order chi connectivity index (χ1) is 7.34. The SMILES string of the molecule is C=CCSCCNC(C)c1ccccc1. The molecule has 0 aliphatic heterocycles. The first-order valence-corrected chi connectivity index (χ1v) is 6.47. The Morgan fingerprint density at radius 1 is 1.40 bits per heavy atom. The molecule has 15 heavy (non-hydrogen) atoms. The molecule has 1 aromatic rings. The van der Waals surface area contributed by atoms with E-state index in [1.165, 1.54) is 5.56 Å². The molecular formula is C13H19NS. The summed E-state index contributed by atoms with van der Waals surface area (Å²) in [5.41, 5.74) is 1.35. The van der Waals surface area contributed by atoms with Crippen LogP contribution in [0.1, 0.15) is 18.5 Å². The van der Waals surface area contributed by atoms with E-state index in [2.05, 4.69) is 49.2 Å². The molecule has 1 atom stereocenters. The summed E-state index contributed by atoms with van der Waals surface area (Å²) in [6.07, 6.45) is 1.95. The number of thioether (sulfide) groups is 1. The molecule has 0 saturated carbocycles. The largest absolute Gasteiger partial charge is 0.309 e. The molecule has 1 nitrogen and oxygen atoms in total. The highest BCUT2D eigenvalue weighted by Crippen LogP contribution is 2.10. The minimum Gasteiger partial charge on any atom is -0.309 e. The molecule has 1 N–H and O–H groups in total. The fourth-order valence-corrected chi connectivity index (χ4v) is 1.97. The Morgan fingerprint density at radius 2 is 2.13 bits per heavy atom. The van der Waals surface area contributed by atoms with Crippen LogP contribution in [0.3, 0.4) is 0 Å². The van der Waals surface area contributed by atoms with Crippen molar-refractivity contribution in [2.45, 2.75) is 13.0 Å². The van der Waals surface area contributed by atoms with Gasteiger partial charge in [-0.2, -0.15) is 11.8 Å². The first kappa shape index (κ1) is 12.3. The lowest BCUT2D eigenvalue weighted by Gasteiger charge is -2.13. The van der Waals surface area contributed by atoms with Crippen molar-refractivity contribution in [3.05, 3.63) is 48.6 Å². The van der Waals surface area contributed by atoms with Gasteiger partial charge in [0.05, 0.1) is 0 Å². The molecule has 1 rings (SSSR count). The highest BCUT2D eigenvalue weighted by Gasteiger charge is 2.01. The van der Waals surface area contributed by atoms with Gasteiger partial charge in [-0.1, -0.05) is 36.4 Å². The van der Waals surface area contributed by atoms with Crippen molar-refractivity contribution >= 4 is 11.8 Å². The van der Waals surface area contributed by atoms with E-state index in [0.29, 0.717) is 6.04 Å². The van der Waals surface area contributed by atoms with E-state index in [1.54, 1.807) is 0 Å². The standard InChI is InChI=1S/C13H19NS/c1-3-10-15-11-9-14-12(2)13-7-5-4-6-8-13/h3-8,12,14H,1,9-11H2,2H3. The van der Waals surface area contributed by atoms with Crippen LogP contribution in [0.5, 0.6) is 0 Å². The summed E-state index contributed by atoms with van der Waals surface area (Å²) in [7, 11) is 0. The molecule has 0 bridgehead atoms. The number of nitrogens with one attached hydrogen (secondary N) is 1. The lowest BCUT2D eigenvalue weighted by molar-refractivity contribution is 0.601. The highest BCUT2D eigenvalue weighted by atomic mass is 32.2. The van der Waals surface area contributed by atoms with Gasteiger partial charge in [0.2, 0.25) is 0 Å². The second kappa shape index (κ2) is 7.55. The third-order valence-corrected chi connectivity index (χ3v) is 3.20. The van der Waals surface area contributed by atoms with Gasteiger partial charge in [0.1, 0.15) is 0 Å². The normalized spacial score (nSPS) is 12.3. The third kappa shape index (κ3) is 5.05.